The number of carbonyl (C=O) groups is 1. The third kappa shape index (κ3) is 4.16. The van der Waals surface area contributed by atoms with E-state index in [9.17, 15) is 4.79 Å². The minimum absolute atomic E-state index is 0.0922. The van der Waals surface area contributed by atoms with Crippen molar-refractivity contribution >= 4 is 11.8 Å². The minimum Gasteiger partial charge on any atom is -0.508 e. The monoisotopic (exact) mass is 227 g/mol. The lowest BCUT2D eigenvalue weighted by Gasteiger charge is -2.09. The standard InChI is InChI=1S/C10H13NO5/c12-5-9(14)6-16-10(15)11-7-1-3-8(13)4-2-7/h1-4,9,12-14H,5-6H2,(H,11,15). The topological polar surface area (TPSA) is 99.0 Å². The molecule has 88 valence electrons. The molecule has 0 aliphatic rings. The number of aromatic hydroxyl groups is 1. The Morgan fingerprint density at radius 1 is 1.38 bits per heavy atom. The van der Waals surface area contributed by atoms with E-state index in [0.29, 0.717) is 5.69 Å². The summed E-state index contributed by atoms with van der Waals surface area (Å²) in [6, 6.07) is 5.83. The maximum Gasteiger partial charge on any atom is 0.411 e. The minimum atomic E-state index is -1.08. The van der Waals surface area contributed by atoms with Crippen molar-refractivity contribution in [3.8, 4) is 5.75 Å². The molecule has 1 amide bonds. The fourth-order valence-corrected chi connectivity index (χ4v) is 0.923. The molecule has 6 nitrogen and oxygen atoms in total. The van der Waals surface area contributed by atoms with Crippen molar-refractivity contribution in [3.63, 3.8) is 0 Å². The van der Waals surface area contributed by atoms with Gasteiger partial charge in [-0.2, -0.15) is 0 Å². The smallest absolute Gasteiger partial charge is 0.411 e. The molecular weight excluding hydrogens is 214 g/mol. The molecule has 1 aromatic rings. The van der Waals surface area contributed by atoms with Crippen molar-refractivity contribution in [2.24, 2.45) is 0 Å². The largest absolute Gasteiger partial charge is 0.508 e. The Balaban J connectivity index is 2.37. The summed E-state index contributed by atoms with van der Waals surface area (Å²) >= 11 is 0. The van der Waals surface area contributed by atoms with Crippen molar-refractivity contribution in [1.82, 2.24) is 0 Å². The number of carbonyl (C=O) groups excluding carboxylic acids is 1. The van der Waals surface area contributed by atoms with E-state index in [1.165, 1.54) is 24.3 Å². The van der Waals surface area contributed by atoms with Crippen LogP contribution < -0.4 is 5.32 Å². The summed E-state index contributed by atoms with van der Waals surface area (Å²) in [4.78, 5) is 11.1. The molecule has 1 unspecified atom stereocenters. The lowest BCUT2D eigenvalue weighted by atomic mass is 10.3. The summed E-state index contributed by atoms with van der Waals surface area (Å²) in [5.74, 6) is 0.0922. The van der Waals surface area contributed by atoms with Gasteiger partial charge in [0.25, 0.3) is 0 Å². The molecule has 6 heteroatoms. The van der Waals surface area contributed by atoms with Crippen molar-refractivity contribution in [3.05, 3.63) is 24.3 Å². The maximum absolute atomic E-state index is 11.1. The normalized spacial score (nSPS) is 11.9. The number of phenols is 1. The van der Waals surface area contributed by atoms with Crippen LogP contribution in [-0.4, -0.2) is 40.7 Å². The van der Waals surface area contributed by atoms with Gasteiger partial charge in [0.05, 0.1) is 6.61 Å². The summed E-state index contributed by atoms with van der Waals surface area (Å²) in [7, 11) is 0. The number of aliphatic hydroxyl groups is 2. The fourth-order valence-electron chi connectivity index (χ4n) is 0.923. The first-order chi connectivity index (χ1) is 7.61. The number of anilines is 1. The first-order valence-corrected chi connectivity index (χ1v) is 4.63. The summed E-state index contributed by atoms with van der Waals surface area (Å²) in [5.41, 5.74) is 0.460. The molecule has 1 atom stereocenters. The van der Waals surface area contributed by atoms with Crippen molar-refractivity contribution < 1.29 is 24.9 Å². The highest BCUT2D eigenvalue weighted by molar-refractivity contribution is 5.84. The molecule has 0 aromatic heterocycles. The summed E-state index contributed by atoms with van der Waals surface area (Å²) < 4.78 is 4.61. The maximum atomic E-state index is 11.1. The number of hydrogen-bond donors (Lipinski definition) is 4. The number of ether oxygens (including phenoxy) is 1. The Labute approximate surface area is 92.1 Å². The van der Waals surface area contributed by atoms with Crippen LogP contribution in [0.1, 0.15) is 0 Å². The van der Waals surface area contributed by atoms with Crippen molar-refractivity contribution in [2.45, 2.75) is 6.10 Å². The van der Waals surface area contributed by atoms with Crippen LogP contribution in [0.25, 0.3) is 0 Å². The average Bonchev–Trinajstić information content (AvgIpc) is 2.29. The van der Waals surface area contributed by atoms with Gasteiger partial charge in [-0.25, -0.2) is 4.79 Å². The van der Waals surface area contributed by atoms with Gasteiger partial charge in [0.2, 0.25) is 0 Å². The molecule has 1 rings (SSSR count). The quantitative estimate of drug-likeness (QED) is 0.554. The van der Waals surface area contributed by atoms with Gasteiger partial charge in [0, 0.05) is 5.69 Å². The van der Waals surface area contributed by atoms with Gasteiger partial charge in [0.15, 0.2) is 0 Å². The number of aliphatic hydroxyl groups excluding tert-OH is 2. The van der Waals surface area contributed by atoms with E-state index >= 15 is 0 Å². The number of rotatable bonds is 4. The number of benzene rings is 1. The van der Waals surface area contributed by atoms with Gasteiger partial charge < -0.3 is 20.1 Å². The zero-order valence-corrected chi connectivity index (χ0v) is 8.46. The molecule has 0 aliphatic heterocycles. The van der Waals surface area contributed by atoms with Crippen LogP contribution in [0.3, 0.4) is 0 Å². The molecule has 16 heavy (non-hydrogen) atoms. The summed E-state index contributed by atoms with van der Waals surface area (Å²) in [6.07, 6.45) is -1.82. The molecule has 0 aliphatic carbocycles. The Morgan fingerprint density at radius 2 is 2.00 bits per heavy atom. The van der Waals surface area contributed by atoms with E-state index in [0.717, 1.165) is 0 Å². The Morgan fingerprint density at radius 3 is 2.56 bits per heavy atom. The van der Waals surface area contributed by atoms with Crippen LogP contribution in [0.2, 0.25) is 0 Å². The second kappa shape index (κ2) is 5.94. The molecule has 0 bridgehead atoms. The average molecular weight is 227 g/mol. The van der Waals surface area contributed by atoms with Crippen LogP contribution in [0, 0.1) is 0 Å². The van der Waals surface area contributed by atoms with Crippen LogP contribution in [-0.2, 0) is 4.74 Å². The highest BCUT2D eigenvalue weighted by Gasteiger charge is 2.07. The number of phenolic OH excluding ortho intramolecular Hbond substituents is 1. The molecule has 0 spiro atoms. The highest BCUT2D eigenvalue weighted by Crippen LogP contribution is 2.13. The van der Waals surface area contributed by atoms with Gasteiger partial charge in [0.1, 0.15) is 18.5 Å². The molecule has 1 aromatic carbocycles. The van der Waals surface area contributed by atoms with Crippen LogP contribution in [0.5, 0.6) is 5.75 Å². The molecular formula is C10H13NO5. The number of nitrogens with one attached hydrogen (secondary N) is 1. The molecule has 4 N–H and O–H groups in total. The molecule has 0 saturated carbocycles. The van der Waals surface area contributed by atoms with E-state index in [1.807, 2.05) is 0 Å². The Hall–Kier alpha value is -1.79. The van der Waals surface area contributed by atoms with E-state index in [2.05, 4.69) is 10.1 Å². The SMILES string of the molecule is O=C(Nc1ccc(O)cc1)OCC(O)CO. The van der Waals surface area contributed by atoms with Gasteiger partial charge in [-0.05, 0) is 24.3 Å². The predicted octanol–water partition coefficient (Wildman–Crippen LogP) is 0.294. The third-order valence-corrected chi connectivity index (χ3v) is 1.73. The Kier molecular flexibility index (Phi) is 4.56. The van der Waals surface area contributed by atoms with E-state index in [1.54, 1.807) is 0 Å². The lowest BCUT2D eigenvalue weighted by Crippen LogP contribution is -2.24. The van der Waals surface area contributed by atoms with E-state index in [4.69, 9.17) is 15.3 Å². The van der Waals surface area contributed by atoms with Gasteiger partial charge in [-0.1, -0.05) is 0 Å². The molecule has 0 fully saturated rings. The second-order valence-electron chi connectivity index (χ2n) is 3.11. The van der Waals surface area contributed by atoms with Crippen LogP contribution in [0.15, 0.2) is 24.3 Å². The predicted molar refractivity (Wildman–Crippen MR) is 56.2 cm³/mol. The van der Waals surface area contributed by atoms with Crippen molar-refractivity contribution in [2.75, 3.05) is 18.5 Å². The summed E-state index contributed by atoms with van der Waals surface area (Å²) in [5, 5.41) is 28.8. The fraction of sp³-hybridized carbons (Fsp3) is 0.300. The zero-order valence-electron chi connectivity index (χ0n) is 8.46. The first kappa shape index (κ1) is 12.3. The van der Waals surface area contributed by atoms with Gasteiger partial charge in [-0.3, -0.25) is 5.32 Å². The Bertz CT molecular complexity index is 338. The second-order valence-corrected chi connectivity index (χ2v) is 3.11. The zero-order chi connectivity index (χ0) is 12.0. The summed E-state index contributed by atoms with van der Waals surface area (Å²) in [6.45, 7) is -0.743. The van der Waals surface area contributed by atoms with Gasteiger partial charge >= 0.3 is 6.09 Å². The van der Waals surface area contributed by atoms with E-state index < -0.39 is 18.8 Å². The third-order valence-electron chi connectivity index (χ3n) is 1.73. The lowest BCUT2D eigenvalue weighted by molar-refractivity contribution is 0.0362. The van der Waals surface area contributed by atoms with Crippen LogP contribution in [0.4, 0.5) is 10.5 Å². The van der Waals surface area contributed by atoms with E-state index in [-0.39, 0.29) is 12.4 Å². The number of amides is 1. The molecule has 0 radical (unpaired) electrons. The molecule has 0 saturated heterocycles. The van der Waals surface area contributed by atoms with Crippen molar-refractivity contribution in [1.29, 1.82) is 0 Å². The number of hydrogen-bond acceptors (Lipinski definition) is 5. The first-order valence-electron chi connectivity index (χ1n) is 4.63. The highest BCUT2D eigenvalue weighted by atomic mass is 16.6. The molecule has 0 heterocycles. The van der Waals surface area contributed by atoms with Gasteiger partial charge in [-0.15, -0.1) is 0 Å². The van der Waals surface area contributed by atoms with Crippen LogP contribution >= 0.6 is 0 Å².